The second-order valence-corrected chi connectivity index (χ2v) is 6.09. The molecule has 2 aliphatic carbocycles. The lowest BCUT2D eigenvalue weighted by molar-refractivity contribution is -0.127. The largest absolute Gasteiger partial charge is 0.381 e. The molecule has 0 bridgehead atoms. The van der Waals surface area contributed by atoms with Gasteiger partial charge < -0.3 is 15.0 Å². The number of carbonyl (C=O) groups is 2. The van der Waals surface area contributed by atoms with Gasteiger partial charge in [0.2, 0.25) is 5.91 Å². The molecule has 0 spiro atoms. The van der Waals surface area contributed by atoms with Crippen LogP contribution in [0.1, 0.15) is 38.5 Å². The lowest BCUT2D eigenvalue weighted by Gasteiger charge is -2.29. The molecular weight excluding hydrogens is 258 g/mol. The highest BCUT2D eigenvalue weighted by Gasteiger charge is 2.40. The number of rotatable bonds is 3. The highest BCUT2D eigenvalue weighted by atomic mass is 16.5. The van der Waals surface area contributed by atoms with Crippen LogP contribution in [-0.2, 0) is 9.53 Å². The summed E-state index contributed by atoms with van der Waals surface area (Å²) in [6.45, 7) is 0.693. The minimum atomic E-state index is -0.0950. The third-order valence-electron chi connectivity index (χ3n) is 4.58. The van der Waals surface area contributed by atoms with Crippen LogP contribution >= 0.6 is 0 Å². The summed E-state index contributed by atoms with van der Waals surface area (Å²) in [6.07, 6.45) is 6.41. The summed E-state index contributed by atoms with van der Waals surface area (Å²) in [4.78, 5) is 27.5. The van der Waals surface area contributed by atoms with Crippen LogP contribution in [0.2, 0.25) is 0 Å². The molecule has 6 heteroatoms. The van der Waals surface area contributed by atoms with Crippen molar-refractivity contribution >= 4 is 11.9 Å². The molecule has 0 aromatic rings. The van der Waals surface area contributed by atoms with E-state index in [2.05, 4.69) is 5.32 Å². The average Bonchev–Trinajstić information content (AvgIpc) is 3.22. The predicted molar refractivity (Wildman–Crippen MR) is 73.0 cm³/mol. The first-order chi connectivity index (χ1) is 9.67. The number of ether oxygens (including phenoxy) is 1. The Morgan fingerprint density at radius 3 is 2.50 bits per heavy atom. The Labute approximate surface area is 119 Å². The third kappa shape index (κ3) is 2.90. The monoisotopic (exact) mass is 281 g/mol. The Morgan fingerprint density at radius 2 is 1.90 bits per heavy atom. The second-order valence-electron chi connectivity index (χ2n) is 6.09. The van der Waals surface area contributed by atoms with E-state index < -0.39 is 0 Å². The van der Waals surface area contributed by atoms with Gasteiger partial charge in [-0.25, -0.2) is 4.79 Å². The van der Waals surface area contributed by atoms with Gasteiger partial charge in [-0.3, -0.25) is 9.69 Å². The van der Waals surface area contributed by atoms with Gasteiger partial charge in [-0.2, -0.15) is 0 Å². The van der Waals surface area contributed by atoms with Crippen molar-refractivity contribution in [1.82, 2.24) is 15.1 Å². The molecule has 0 aromatic carbocycles. The topological polar surface area (TPSA) is 61.9 Å². The van der Waals surface area contributed by atoms with Crippen LogP contribution in [0.3, 0.4) is 0 Å². The van der Waals surface area contributed by atoms with Gasteiger partial charge in [-0.05, 0) is 38.5 Å². The maximum Gasteiger partial charge on any atom is 0.319 e. The zero-order valence-corrected chi connectivity index (χ0v) is 12.0. The van der Waals surface area contributed by atoms with Crippen LogP contribution in [0.15, 0.2) is 0 Å². The fourth-order valence-corrected chi connectivity index (χ4v) is 3.12. The molecule has 2 saturated carbocycles. The van der Waals surface area contributed by atoms with Gasteiger partial charge >= 0.3 is 6.03 Å². The SMILES string of the molecule is COC1CCC(NC(=O)N2CC(=O)N(C3CC3)C2)CC1. The van der Waals surface area contributed by atoms with Crippen molar-refractivity contribution < 1.29 is 14.3 Å². The summed E-state index contributed by atoms with van der Waals surface area (Å²) >= 11 is 0. The summed E-state index contributed by atoms with van der Waals surface area (Å²) < 4.78 is 5.33. The Balaban J connectivity index is 1.46. The zero-order valence-electron chi connectivity index (χ0n) is 12.0. The van der Waals surface area contributed by atoms with Gasteiger partial charge in [0, 0.05) is 19.2 Å². The minimum Gasteiger partial charge on any atom is -0.381 e. The van der Waals surface area contributed by atoms with E-state index in [1.807, 2.05) is 4.90 Å². The first-order valence-electron chi connectivity index (χ1n) is 7.55. The van der Waals surface area contributed by atoms with E-state index >= 15 is 0 Å². The molecule has 0 aromatic heterocycles. The lowest BCUT2D eigenvalue weighted by atomic mass is 9.93. The summed E-state index contributed by atoms with van der Waals surface area (Å²) in [5, 5.41) is 3.06. The number of amides is 3. The molecule has 1 saturated heterocycles. The number of hydrogen-bond acceptors (Lipinski definition) is 3. The molecular formula is C14H23N3O3. The van der Waals surface area contributed by atoms with Crippen molar-refractivity contribution in [3.05, 3.63) is 0 Å². The molecule has 6 nitrogen and oxygen atoms in total. The van der Waals surface area contributed by atoms with E-state index in [9.17, 15) is 9.59 Å². The molecule has 0 unspecified atom stereocenters. The van der Waals surface area contributed by atoms with Crippen molar-refractivity contribution in [1.29, 1.82) is 0 Å². The maximum absolute atomic E-state index is 12.2. The van der Waals surface area contributed by atoms with Crippen molar-refractivity contribution in [2.75, 3.05) is 20.3 Å². The zero-order chi connectivity index (χ0) is 14.1. The fraction of sp³-hybridized carbons (Fsp3) is 0.857. The molecule has 1 aliphatic heterocycles. The first-order valence-corrected chi connectivity index (χ1v) is 7.55. The molecule has 20 heavy (non-hydrogen) atoms. The number of methoxy groups -OCH3 is 1. The predicted octanol–water partition coefficient (Wildman–Crippen LogP) is 0.918. The van der Waals surface area contributed by atoms with Crippen LogP contribution in [0.25, 0.3) is 0 Å². The normalized spacial score (nSPS) is 30.8. The first kappa shape index (κ1) is 13.7. The summed E-state index contributed by atoms with van der Waals surface area (Å²) in [6, 6.07) is 0.513. The standard InChI is InChI=1S/C14H23N3O3/c1-20-12-6-2-10(3-7-12)15-14(19)16-8-13(18)17(9-16)11-4-5-11/h10-12H,2-9H2,1H3,(H,15,19). The Morgan fingerprint density at radius 1 is 1.20 bits per heavy atom. The van der Waals surface area contributed by atoms with E-state index in [4.69, 9.17) is 4.74 Å². The molecule has 3 rings (SSSR count). The van der Waals surface area contributed by atoms with Gasteiger partial charge in [-0.15, -0.1) is 0 Å². The number of hydrogen-bond donors (Lipinski definition) is 1. The van der Waals surface area contributed by atoms with Crippen LogP contribution in [-0.4, -0.2) is 60.2 Å². The molecule has 0 atom stereocenters. The van der Waals surface area contributed by atoms with Gasteiger partial charge in [0.05, 0.1) is 12.8 Å². The van der Waals surface area contributed by atoms with Crippen LogP contribution in [0, 0.1) is 0 Å². The van der Waals surface area contributed by atoms with E-state index in [0.717, 1.165) is 38.5 Å². The molecule has 3 aliphatic rings. The summed E-state index contributed by atoms with van der Waals surface area (Å²) in [5.41, 5.74) is 0. The quantitative estimate of drug-likeness (QED) is 0.836. The maximum atomic E-state index is 12.2. The Bertz CT molecular complexity index is 389. The highest BCUT2D eigenvalue weighted by molar-refractivity contribution is 5.87. The van der Waals surface area contributed by atoms with E-state index in [1.165, 1.54) is 0 Å². The summed E-state index contributed by atoms with van der Waals surface area (Å²) in [7, 11) is 1.74. The van der Waals surface area contributed by atoms with Crippen molar-refractivity contribution in [2.24, 2.45) is 0 Å². The third-order valence-corrected chi connectivity index (χ3v) is 4.58. The van der Waals surface area contributed by atoms with Crippen LogP contribution < -0.4 is 5.32 Å². The van der Waals surface area contributed by atoms with Crippen LogP contribution in [0.4, 0.5) is 4.79 Å². The average molecular weight is 281 g/mol. The van der Waals surface area contributed by atoms with Gasteiger partial charge in [0.15, 0.2) is 0 Å². The Hall–Kier alpha value is -1.30. The molecule has 3 amide bonds. The van der Waals surface area contributed by atoms with Crippen molar-refractivity contribution in [3.8, 4) is 0 Å². The number of urea groups is 1. The van der Waals surface area contributed by atoms with E-state index in [-0.39, 0.29) is 24.5 Å². The van der Waals surface area contributed by atoms with Crippen molar-refractivity contribution in [3.63, 3.8) is 0 Å². The Kier molecular flexibility index (Phi) is 3.83. The van der Waals surface area contributed by atoms with E-state index in [1.54, 1.807) is 12.0 Å². The number of nitrogens with one attached hydrogen (secondary N) is 1. The molecule has 1 N–H and O–H groups in total. The number of nitrogens with zero attached hydrogens (tertiary/aromatic N) is 2. The molecule has 1 heterocycles. The molecule has 112 valence electrons. The highest BCUT2D eigenvalue weighted by Crippen LogP contribution is 2.29. The molecule has 0 radical (unpaired) electrons. The lowest BCUT2D eigenvalue weighted by Crippen LogP contribution is -2.46. The summed E-state index contributed by atoms with van der Waals surface area (Å²) in [5.74, 6) is 0.0886. The smallest absolute Gasteiger partial charge is 0.319 e. The van der Waals surface area contributed by atoms with Crippen molar-refractivity contribution in [2.45, 2.75) is 56.7 Å². The van der Waals surface area contributed by atoms with Gasteiger partial charge in [0.1, 0.15) is 6.54 Å². The second kappa shape index (κ2) is 5.60. The molecule has 3 fully saturated rings. The number of carbonyl (C=O) groups excluding carboxylic acids is 2. The van der Waals surface area contributed by atoms with Gasteiger partial charge in [0.25, 0.3) is 0 Å². The van der Waals surface area contributed by atoms with E-state index in [0.29, 0.717) is 18.8 Å². The van der Waals surface area contributed by atoms with Crippen LogP contribution in [0.5, 0.6) is 0 Å². The fourth-order valence-electron chi connectivity index (χ4n) is 3.12. The minimum absolute atomic E-state index is 0.0886. The van der Waals surface area contributed by atoms with Gasteiger partial charge in [-0.1, -0.05) is 0 Å².